The Morgan fingerprint density at radius 1 is 1.16 bits per heavy atom. The average molecular weight is 388 g/mol. The van der Waals surface area contributed by atoms with E-state index in [0.29, 0.717) is 12.8 Å². The number of esters is 1. The second kappa shape index (κ2) is 7.94. The summed E-state index contributed by atoms with van der Waals surface area (Å²) in [5.74, 6) is -1.19. The van der Waals surface area contributed by atoms with Crippen LogP contribution in [0.5, 0.6) is 0 Å². The Morgan fingerprint density at radius 3 is 2.20 bits per heavy atom. The minimum Gasteiger partial charge on any atom is -0.464 e. The molecule has 0 radical (unpaired) electrons. The first-order chi connectivity index (χ1) is 11.3. The lowest BCUT2D eigenvalue weighted by Gasteiger charge is -2.30. The normalized spacial score (nSPS) is 18.0. The summed E-state index contributed by atoms with van der Waals surface area (Å²) in [6.45, 7) is 6.61. The average Bonchev–Trinajstić information content (AvgIpc) is 2.43. The first kappa shape index (κ1) is 21.8. The Hall–Kier alpha value is -1.29. The van der Waals surface area contributed by atoms with Crippen LogP contribution in [0.25, 0.3) is 0 Å². The van der Waals surface area contributed by atoms with E-state index >= 15 is 0 Å². The number of allylic oxidation sites excluding steroid dienone is 1. The fraction of sp³-hybridized carbons (Fsp3) is 0.800. The molecule has 0 aliphatic heterocycles. The van der Waals surface area contributed by atoms with E-state index in [1.54, 1.807) is 27.7 Å². The van der Waals surface area contributed by atoms with Crippen molar-refractivity contribution >= 4 is 16.1 Å². The van der Waals surface area contributed by atoms with Crippen LogP contribution in [-0.4, -0.2) is 38.2 Å². The first-order valence-corrected chi connectivity index (χ1v) is 9.26. The van der Waals surface area contributed by atoms with E-state index in [2.05, 4.69) is 4.18 Å². The maximum absolute atomic E-state index is 12.6. The minimum atomic E-state index is -5.81. The molecular formula is C15H23F3O6S. The molecule has 6 nitrogen and oxygen atoms in total. The Morgan fingerprint density at radius 2 is 1.72 bits per heavy atom. The minimum absolute atomic E-state index is 0.0337. The van der Waals surface area contributed by atoms with Gasteiger partial charge < -0.3 is 13.7 Å². The number of ether oxygens (including phenoxy) is 2. The molecule has 1 aliphatic carbocycles. The van der Waals surface area contributed by atoms with E-state index in [1.165, 1.54) is 0 Å². The predicted molar refractivity (Wildman–Crippen MR) is 82.8 cm³/mol. The van der Waals surface area contributed by atoms with Gasteiger partial charge in [0.25, 0.3) is 0 Å². The highest BCUT2D eigenvalue weighted by atomic mass is 32.2. The van der Waals surface area contributed by atoms with Crippen molar-refractivity contribution in [1.82, 2.24) is 0 Å². The molecule has 0 spiro atoms. The molecule has 1 aliphatic rings. The van der Waals surface area contributed by atoms with Gasteiger partial charge in [0.15, 0.2) is 6.10 Å². The number of halogens is 3. The van der Waals surface area contributed by atoms with Crippen LogP contribution in [0.2, 0.25) is 0 Å². The lowest BCUT2D eigenvalue weighted by atomic mass is 9.93. The highest BCUT2D eigenvalue weighted by molar-refractivity contribution is 7.87. The molecule has 0 aromatic rings. The summed E-state index contributed by atoms with van der Waals surface area (Å²) in [5.41, 5.74) is -6.28. The summed E-state index contributed by atoms with van der Waals surface area (Å²) in [6, 6.07) is 0. The molecule has 25 heavy (non-hydrogen) atoms. The zero-order chi connectivity index (χ0) is 19.5. The highest BCUT2D eigenvalue weighted by Gasteiger charge is 2.49. The number of rotatable bonds is 6. The van der Waals surface area contributed by atoms with Gasteiger partial charge in [-0.3, -0.25) is 0 Å². The van der Waals surface area contributed by atoms with Gasteiger partial charge in [0, 0.05) is 12.0 Å². The molecule has 0 bridgehead atoms. The fourth-order valence-electron chi connectivity index (χ4n) is 2.29. The van der Waals surface area contributed by atoms with Crippen molar-refractivity contribution in [2.75, 3.05) is 6.61 Å². The monoisotopic (exact) mass is 388 g/mol. The van der Waals surface area contributed by atoms with Crippen molar-refractivity contribution in [3.8, 4) is 0 Å². The summed E-state index contributed by atoms with van der Waals surface area (Å²) in [6.07, 6.45) is -0.163. The molecule has 0 aromatic carbocycles. The molecule has 0 heterocycles. The molecule has 1 atom stereocenters. The van der Waals surface area contributed by atoms with Crippen molar-refractivity contribution in [3.05, 3.63) is 11.3 Å². The molecule has 0 fully saturated rings. The molecule has 10 heteroatoms. The van der Waals surface area contributed by atoms with Crippen molar-refractivity contribution in [3.63, 3.8) is 0 Å². The Bertz CT molecular complexity index is 616. The number of hydrogen-bond donors (Lipinski definition) is 0. The summed E-state index contributed by atoms with van der Waals surface area (Å²) >= 11 is 0. The second-order valence-corrected chi connectivity index (χ2v) is 8.04. The van der Waals surface area contributed by atoms with Gasteiger partial charge in [-0.05, 0) is 47.0 Å². The van der Waals surface area contributed by atoms with Gasteiger partial charge in [0.05, 0.1) is 12.2 Å². The summed E-state index contributed by atoms with van der Waals surface area (Å²) < 4.78 is 75.4. The van der Waals surface area contributed by atoms with Crippen LogP contribution in [0.1, 0.15) is 53.4 Å². The third-order valence-corrected chi connectivity index (χ3v) is 4.23. The molecule has 146 valence electrons. The summed E-state index contributed by atoms with van der Waals surface area (Å²) in [4.78, 5) is 12.2. The zero-order valence-corrected chi connectivity index (χ0v) is 15.4. The van der Waals surface area contributed by atoms with Crippen LogP contribution in [0.4, 0.5) is 13.2 Å². The quantitative estimate of drug-likeness (QED) is 0.394. The third kappa shape index (κ3) is 6.18. The van der Waals surface area contributed by atoms with Crippen molar-refractivity contribution < 1.29 is 40.0 Å². The SMILES string of the molecule is CCOC(=O)C(OC(C)(C)C)C1=C(OS(=O)(=O)C(F)(F)F)CCCC1. The molecule has 0 amide bonds. The molecule has 1 unspecified atom stereocenters. The molecule has 0 aromatic heterocycles. The Kier molecular flexibility index (Phi) is 6.91. The zero-order valence-electron chi connectivity index (χ0n) is 14.6. The smallest absolute Gasteiger partial charge is 0.464 e. The Balaban J connectivity index is 3.30. The van der Waals surface area contributed by atoms with Crippen molar-refractivity contribution in [2.24, 2.45) is 0 Å². The molecule has 1 rings (SSSR count). The molecule has 0 saturated heterocycles. The van der Waals surface area contributed by atoms with Crippen LogP contribution in [0.15, 0.2) is 11.3 Å². The van der Waals surface area contributed by atoms with Gasteiger partial charge >= 0.3 is 21.6 Å². The number of alkyl halides is 3. The van der Waals surface area contributed by atoms with Crippen molar-refractivity contribution in [2.45, 2.75) is 70.6 Å². The van der Waals surface area contributed by atoms with Gasteiger partial charge in [-0.25, -0.2) is 4.79 Å². The Labute approximate surface area is 145 Å². The van der Waals surface area contributed by atoms with E-state index in [0.717, 1.165) is 0 Å². The highest BCUT2D eigenvalue weighted by Crippen LogP contribution is 2.35. The topological polar surface area (TPSA) is 78.9 Å². The lowest BCUT2D eigenvalue weighted by molar-refractivity contribution is -0.162. The van der Waals surface area contributed by atoms with Crippen LogP contribution in [0.3, 0.4) is 0 Å². The van der Waals surface area contributed by atoms with Gasteiger partial charge in [-0.1, -0.05) is 0 Å². The van der Waals surface area contributed by atoms with Crippen LogP contribution in [-0.2, 0) is 28.6 Å². The van der Waals surface area contributed by atoms with E-state index in [1.807, 2.05) is 0 Å². The molecular weight excluding hydrogens is 365 g/mol. The second-order valence-electron chi connectivity index (χ2n) is 6.50. The van der Waals surface area contributed by atoms with Crippen LogP contribution >= 0.6 is 0 Å². The standard InChI is InChI=1S/C15H23F3O6S/c1-5-22-13(19)12(23-14(2,3)4)10-8-6-7-9-11(10)24-25(20,21)15(16,17)18/h12H,5-9H2,1-4H3. The van der Waals surface area contributed by atoms with Crippen molar-refractivity contribution in [1.29, 1.82) is 0 Å². The van der Waals surface area contributed by atoms with Crippen LogP contribution in [0, 0.1) is 0 Å². The first-order valence-electron chi connectivity index (χ1n) is 7.85. The number of hydrogen-bond acceptors (Lipinski definition) is 6. The van der Waals surface area contributed by atoms with E-state index < -0.39 is 39.1 Å². The van der Waals surface area contributed by atoms with E-state index in [-0.39, 0.29) is 25.0 Å². The lowest BCUT2D eigenvalue weighted by Crippen LogP contribution is -2.38. The third-order valence-electron chi connectivity index (χ3n) is 3.24. The van der Waals surface area contributed by atoms with E-state index in [9.17, 15) is 26.4 Å². The van der Waals surface area contributed by atoms with Gasteiger partial charge in [-0.15, -0.1) is 0 Å². The summed E-state index contributed by atoms with van der Waals surface area (Å²) in [5, 5.41) is 0. The largest absolute Gasteiger partial charge is 0.534 e. The van der Waals surface area contributed by atoms with Gasteiger partial charge in [-0.2, -0.15) is 21.6 Å². The van der Waals surface area contributed by atoms with Gasteiger partial charge in [0.1, 0.15) is 5.76 Å². The molecule has 0 saturated carbocycles. The maximum atomic E-state index is 12.6. The number of carbonyl (C=O) groups excluding carboxylic acids is 1. The number of carbonyl (C=O) groups is 1. The predicted octanol–water partition coefficient (Wildman–Crippen LogP) is 3.43. The maximum Gasteiger partial charge on any atom is 0.534 e. The fourth-order valence-corrected chi connectivity index (χ4v) is 2.84. The summed E-state index contributed by atoms with van der Waals surface area (Å²) in [7, 11) is -5.81. The molecule has 0 N–H and O–H groups in total. The van der Waals surface area contributed by atoms with Crippen LogP contribution < -0.4 is 0 Å². The van der Waals surface area contributed by atoms with Gasteiger partial charge in [0.2, 0.25) is 0 Å². The van der Waals surface area contributed by atoms with E-state index in [4.69, 9.17) is 9.47 Å².